The van der Waals surface area contributed by atoms with E-state index in [2.05, 4.69) is 41.6 Å². The number of para-hydroxylation sites is 1. The Hall–Kier alpha value is -1.68. The van der Waals surface area contributed by atoms with Gasteiger partial charge in [0.1, 0.15) is 0 Å². The third-order valence-electron chi connectivity index (χ3n) is 4.53. The van der Waals surface area contributed by atoms with Gasteiger partial charge in [0.15, 0.2) is 0 Å². The number of nitrogens with one attached hydrogen (secondary N) is 1. The highest BCUT2D eigenvalue weighted by Crippen LogP contribution is 2.39. The third-order valence-corrected chi connectivity index (χ3v) is 4.53. The molecule has 3 unspecified atom stereocenters. The molecule has 0 amide bonds. The highest BCUT2D eigenvalue weighted by molar-refractivity contribution is 5.32. The molecular weight excluding hydrogens is 260 g/mol. The minimum Gasteiger partial charge on any atom is -0.309 e. The highest BCUT2D eigenvalue weighted by Gasteiger charge is 2.31. The summed E-state index contributed by atoms with van der Waals surface area (Å²) in [6.07, 6.45) is 5.83. The monoisotopic (exact) mass is 284 g/mol. The molecule has 3 atom stereocenters. The van der Waals surface area contributed by atoms with Crippen LogP contribution in [0.2, 0.25) is 0 Å². The van der Waals surface area contributed by atoms with Crippen LogP contribution in [-0.4, -0.2) is 21.5 Å². The van der Waals surface area contributed by atoms with Gasteiger partial charge in [-0.1, -0.05) is 43.7 Å². The van der Waals surface area contributed by atoms with Gasteiger partial charge < -0.3 is 5.32 Å². The summed E-state index contributed by atoms with van der Waals surface area (Å²) in [4.78, 5) is 0. The van der Waals surface area contributed by atoms with E-state index in [9.17, 15) is 0 Å². The van der Waals surface area contributed by atoms with Gasteiger partial charge in [-0.25, -0.2) is 4.68 Å². The predicted molar refractivity (Wildman–Crippen MR) is 84.3 cm³/mol. The molecule has 1 saturated carbocycles. The van der Waals surface area contributed by atoms with Crippen LogP contribution in [-0.2, 0) is 0 Å². The number of nitrogens with zero attached hydrogens (tertiary/aromatic N) is 3. The zero-order chi connectivity index (χ0) is 14.7. The maximum Gasteiger partial charge on any atom is 0.0818 e. The minimum absolute atomic E-state index is 0.343. The summed E-state index contributed by atoms with van der Waals surface area (Å²) in [5.41, 5.74) is 2.26. The standard InChI is InChI=1S/C17H24N4/c1-3-18-17(14-10-9-13(2)11-14)16-12-19-20-21(16)15-7-5-4-6-8-15/h4-8,12-14,17-18H,3,9-11H2,1-2H3. The number of hydrogen-bond donors (Lipinski definition) is 1. The maximum atomic E-state index is 4.31. The summed E-state index contributed by atoms with van der Waals surface area (Å²) in [5, 5.41) is 12.1. The fourth-order valence-corrected chi connectivity index (χ4v) is 3.51. The molecule has 0 saturated heterocycles. The number of benzene rings is 1. The van der Waals surface area contributed by atoms with Gasteiger partial charge in [0.25, 0.3) is 0 Å². The average molecular weight is 284 g/mol. The molecule has 1 aromatic heterocycles. The molecule has 1 fully saturated rings. The van der Waals surface area contributed by atoms with Gasteiger partial charge in [-0.2, -0.15) is 0 Å². The van der Waals surface area contributed by atoms with Crippen LogP contribution >= 0.6 is 0 Å². The predicted octanol–water partition coefficient (Wildman–Crippen LogP) is 3.35. The van der Waals surface area contributed by atoms with Gasteiger partial charge in [-0.05, 0) is 43.4 Å². The quantitative estimate of drug-likeness (QED) is 0.915. The van der Waals surface area contributed by atoms with Crippen molar-refractivity contribution in [2.24, 2.45) is 11.8 Å². The molecule has 2 aromatic rings. The lowest BCUT2D eigenvalue weighted by Gasteiger charge is -2.25. The van der Waals surface area contributed by atoms with Crippen molar-refractivity contribution in [1.29, 1.82) is 0 Å². The molecule has 1 heterocycles. The van der Waals surface area contributed by atoms with Gasteiger partial charge >= 0.3 is 0 Å². The van der Waals surface area contributed by atoms with Crippen LogP contribution in [0.4, 0.5) is 0 Å². The van der Waals surface area contributed by atoms with Crippen LogP contribution in [0.25, 0.3) is 5.69 Å². The van der Waals surface area contributed by atoms with Crippen molar-refractivity contribution in [3.63, 3.8) is 0 Å². The molecule has 4 heteroatoms. The SMILES string of the molecule is CCNC(c1cnnn1-c1ccccc1)C1CCC(C)C1. The van der Waals surface area contributed by atoms with Crippen LogP contribution in [0, 0.1) is 11.8 Å². The first-order valence-corrected chi connectivity index (χ1v) is 7.99. The van der Waals surface area contributed by atoms with E-state index >= 15 is 0 Å². The zero-order valence-corrected chi connectivity index (χ0v) is 12.9. The van der Waals surface area contributed by atoms with Crippen molar-refractivity contribution in [3.05, 3.63) is 42.2 Å². The molecule has 0 aliphatic heterocycles. The van der Waals surface area contributed by atoms with Crippen molar-refractivity contribution in [1.82, 2.24) is 20.3 Å². The lowest BCUT2D eigenvalue weighted by molar-refractivity contribution is 0.352. The lowest BCUT2D eigenvalue weighted by Crippen LogP contribution is -2.29. The van der Waals surface area contributed by atoms with Crippen LogP contribution in [0.3, 0.4) is 0 Å². The normalized spacial score (nSPS) is 23.3. The van der Waals surface area contributed by atoms with Gasteiger partial charge in [0.05, 0.1) is 23.6 Å². The molecular formula is C17H24N4. The fraction of sp³-hybridized carbons (Fsp3) is 0.529. The van der Waals surface area contributed by atoms with Crippen molar-refractivity contribution >= 4 is 0 Å². The Morgan fingerprint density at radius 3 is 2.76 bits per heavy atom. The molecule has 21 heavy (non-hydrogen) atoms. The summed E-state index contributed by atoms with van der Waals surface area (Å²) in [5.74, 6) is 1.51. The Morgan fingerprint density at radius 2 is 2.10 bits per heavy atom. The Balaban J connectivity index is 1.92. The second-order valence-corrected chi connectivity index (χ2v) is 6.12. The van der Waals surface area contributed by atoms with Gasteiger partial charge in [-0.15, -0.1) is 5.10 Å². The van der Waals surface area contributed by atoms with E-state index in [1.807, 2.05) is 29.1 Å². The van der Waals surface area contributed by atoms with Gasteiger partial charge in [-0.3, -0.25) is 0 Å². The Labute approximate surface area is 126 Å². The maximum absolute atomic E-state index is 4.31. The van der Waals surface area contributed by atoms with E-state index in [4.69, 9.17) is 0 Å². The average Bonchev–Trinajstić information content (AvgIpc) is 3.15. The van der Waals surface area contributed by atoms with E-state index < -0.39 is 0 Å². The van der Waals surface area contributed by atoms with Crippen molar-refractivity contribution in [2.45, 2.75) is 39.2 Å². The molecule has 112 valence electrons. The van der Waals surface area contributed by atoms with E-state index in [1.54, 1.807) is 0 Å². The highest BCUT2D eigenvalue weighted by atomic mass is 15.4. The first-order valence-electron chi connectivity index (χ1n) is 7.99. The summed E-state index contributed by atoms with van der Waals surface area (Å²) in [7, 11) is 0. The van der Waals surface area contributed by atoms with E-state index in [1.165, 1.54) is 25.0 Å². The van der Waals surface area contributed by atoms with Crippen LogP contribution in [0.15, 0.2) is 36.5 Å². The molecule has 0 spiro atoms. The van der Waals surface area contributed by atoms with Crippen LogP contribution in [0.1, 0.15) is 44.8 Å². The van der Waals surface area contributed by atoms with E-state index in [-0.39, 0.29) is 0 Å². The first kappa shape index (κ1) is 14.3. The summed E-state index contributed by atoms with van der Waals surface area (Å²) in [6.45, 7) is 5.49. The van der Waals surface area contributed by atoms with Gasteiger partial charge in [0.2, 0.25) is 0 Å². The van der Waals surface area contributed by atoms with Gasteiger partial charge in [0, 0.05) is 0 Å². The molecule has 1 N–H and O–H groups in total. The Kier molecular flexibility index (Phi) is 4.34. The second-order valence-electron chi connectivity index (χ2n) is 6.12. The van der Waals surface area contributed by atoms with Crippen molar-refractivity contribution in [2.75, 3.05) is 6.54 Å². The topological polar surface area (TPSA) is 42.7 Å². The van der Waals surface area contributed by atoms with E-state index in [0.717, 1.165) is 18.2 Å². The molecule has 3 rings (SSSR count). The second kappa shape index (κ2) is 6.39. The molecule has 4 nitrogen and oxygen atoms in total. The smallest absolute Gasteiger partial charge is 0.0818 e. The summed E-state index contributed by atoms with van der Waals surface area (Å²) < 4.78 is 1.98. The molecule has 1 aliphatic rings. The number of hydrogen-bond acceptors (Lipinski definition) is 3. The third kappa shape index (κ3) is 3.00. The number of aromatic nitrogens is 3. The molecule has 1 aromatic carbocycles. The summed E-state index contributed by atoms with van der Waals surface area (Å²) >= 11 is 0. The molecule has 1 aliphatic carbocycles. The van der Waals surface area contributed by atoms with Crippen LogP contribution < -0.4 is 5.32 Å². The largest absolute Gasteiger partial charge is 0.309 e. The zero-order valence-electron chi connectivity index (χ0n) is 12.9. The lowest BCUT2D eigenvalue weighted by atomic mass is 9.94. The Morgan fingerprint density at radius 1 is 1.29 bits per heavy atom. The molecule has 0 radical (unpaired) electrons. The summed E-state index contributed by atoms with van der Waals surface area (Å²) in [6, 6.07) is 10.6. The molecule has 0 bridgehead atoms. The fourth-order valence-electron chi connectivity index (χ4n) is 3.51. The first-order chi connectivity index (χ1) is 10.3. The van der Waals surface area contributed by atoms with E-state index in [0.29, 0.717) is 12.0 Å². The van der Waals surface area contributed by atoms with Crippen molar-refractivity contribution in [3.8, 4) is 5.69 Å². The van der Waals surface area contributed by atoms with Crippen LogP contribution in [0.5, 0.6) is 0 Å². The Bertz CT molecular complexity index is 563. The van der Waals surface area contributed by atoms with Crippen molar-refractivity contribution < 1.29 is 0 Å². The number of rotatable bonds is 5. The minimum atomic E-state index is 0.343.